The molecule has 2 aliphatic rings. The Bertz CT molecular complexity index is 580. The lowest BCUT2D eigenvalue weighted by molar-refractivity contribution is -0.134. The van der Waals surface area contributed by atoms with Gasteiger partial charge in [-0.3, -0.25) is 14.5 Å². The molecule has 1 saturated heterocycles. The normalized spacial score (nSPS) is 21.9. The smallest absolute Gasteiger partial charge is 0.249 e. The van der Waals surface area contributed by atoms with Crippen molar-refractivity contribution < 1.29 is 14.7 Å². The summed E-state index contributed by atoms with van der Waals surface area (Å²) in [5.41, 5.74) is 6.49. The largest absolute Gasteiger partial charge is 0.383 e. The Balaban J connectivity index is 1.58. The molecule has 0 bridgehead atoms. The van der Waals surface area contributed by atoms with Crippen LogP contribution in [0.2, 0.25) is 0 Å². The number of nitrogens with two attached hydrogens (primary N) is 1. The van der Waals surface area contributed by atoms with E-state index in [1.165, 1.54) is 0 Å². The number of primary amides is 1. The van der Waals surface area contributed by atoms with E-state index in [0.29, 0.717) is 25.9 Å². The summed E-state index contributed by atoms with van der Waals surface area (Å²) in [5, 5.41) is 13.1. The molecular weight excluding hydrogens is 306 g/mol. The fourth-order valence-electron chi connectivity index (χ4n) is 3.41. The lowest BCUT2D eigenvalue weighted by atomic mass is 9.89. The van der Waals surface area contributed by atoms with Crippen LogP contribution in [-0.4, -0.2) is 47.1 Å². The lowest BCUT2D eigenvalue weighted by Gasteiger charge is -2.37. The average molecular weight is 331 g/mol. The molecule has 6 heteroatoms. The van der Waals surface area contributed by atoms with Gasteiger partial charge in [-0.2, -0.15) is 0 Å². The zero-order chi connectivity index (χ0) is 17.1. The second-order valence-corrected chi connectivity index (χ2v) is 6.82. The van der Waals surface area contributed by atoms with Crippen LogP contribution in [0.3, 0.4) is 0 Å². The van der Waals surface area contributed by atoms with Gasteiger partial charge in [0.2, 0.25) is 11.8 Å². The van der Waals surface area contributed by atoms with Crippen LogP contribution in [0.4, 0.5) is 0 Å². The molecule has 1 aliphatic heterocycles. The molecule has 2 amide bonds. The zero-order valence-electron chi connectivity index (χ0n) is 13.7. The van der Waals surface area contributed by atoms with E-state index in [9.17, 15) is 14.7 Å². The first kappa shape index (κ1) is 16.9. The van der Waals surface area contributed by atoms with Crippen molar-refractivity contribution in [3.63, 3.8) is 0 Å². The van der Waals surface area contributed by atoms with Crippen LogP contribution >= 0.6 is 0 Å². The number of likely N-dealkylation sites (tertiary alicyclic amines) is 1. The third kappa shape index (κ3) is 3.94. The van der Waals surface area contributed by atoms with Gasteiger partial charge in [0, 0.05) is 6.04 Å². The third-order valence-corrected chi connectivity index (χ3v) is 4.96. The molecule has 6 nitrogen and oxygen atoms in total. The summed E-state index contributed by atoms with van der Waals surface area (Å²) >= 11 is 0. The summed E-state index contributed by atoms with van der Waals surface area (Å²) in [4.78, 5) is 25.9. The van der Waals surface area contributed by atoms with E-state index in [4.69, 9.17) is 5.73 Å². The van der Waals surface area contributed by atoms with Crippen molar-refractivity contribution in [3.05, 3.63) is 35.9 Å². The van der Waals surface area contributed by atoms with E-state index in [1.54, 1.807) is 0 Å². The molecule has 24 heavy (non-hydrogen) atoms. The summed E-state index contributed by atoms with van der Waals surface area (Å²) in [6, 6.07) is 9.30. The number of amides is 2. The van der Waals surface area contributed by atoms with E-state index < -0.39 is 12.1 Å². The molecule has 1 aromatic carbocycles. The maximum absolute atomic E-state index is 12.0. The third-order valence-electron chi connectivity index (χ3n) is 4.96. The highest BCUT2D eigenvalue weighted by Crippen LogP contribution is 2.29. The fourth-order valence-corrected chi connectivity index (χ4v) is 3.41. The van der Waals surface area contributed by atoms with E-state index in [-0.39, 0.29) is 23.8 Å². The van der Waals surface area contributed by atoms with Gasteiger partial charge < -0.3 is 16.2 Å². The minimum atomic E-state index is -0.962. The highest BCUT2D eigenvalue weighted by molar-refractivity contribution is 5.82. The maximum Gasteiger partial charge on any atom is 0.249 e. The Hall–Kier alpha value is -1.92. The second-order valence-electron chi connectivity index (χ2n) is 6.82. The molecule has 0 spiro atoms. The standard InChI is InChI=1S/C18H25N3O3/c19-17(23)15(12-4-2-1-3-5-12)21-10-8-13(9-11-21)16(22)18(24)20-14-6-7-14/h1-5,13-16,22H,6-11H2,(H2,19,23)(H,20,24)/t15-,16+/m1/s1. The van der Waals surface area contributed by atoms with Crippen molar-refractivity contribution in [2.45, 2.75) is 43.9 Å². The summed E-state index contributed by atoms with van der Waals surface area (Å²) in [5.74, 6) is -0.693. The molecule has 1 aliphatic carbocycles. The molecule has 2 atom stereocenters. The zero-order valence-corrected chi connectivity index (χ0v) is 13.7. The van der Waals surface area contributed by atoms with E-state index in [2.05, 4.69) is 5.32 Å². The van der Waals surface area contributed by atoms with Gasteiger partial charge in [-0.25, -0.2) is 0 Å². The molecule has 1 aromatic rings. The summed E-state index contributed by atoms with van der Waals surface area (Å²) in [6.45, 7) is 1.28. The van der Waals surface area contributed by atoms with E-state index >= 15 is 0 Å². The number of carbonyl (C=O) groups is 2. The van der Waals surface area contributed by atoms with Crippen molar-refractivity contribution in [1.29, 1.82) is 0 Å². The van der Waals surface area contributed by atoms with Crippen LogP contribution in [0, 0.1) is 5.92 Å². The molecule has 3 rings (SSSR count). The van der Waals surface area contributed by atoms with Gasteiger partial charge in [-0.15, -0.1) is 0 Å². The molecule has 130 valence electrons. The first-order chi connectivity index (χ1) is 11.6. The Morgan fingerprint density at radius 1 is 1.12 bits per heavy atom. The predicted octanol–water partition coefficient (Wildman–Crippen LogP) is 0.565. The number of benzene rings is 1. The summed E-state index contributed by atoms with van der Waals surface area (Å²) in [6.07, 6.45) is 2.41. The molecule has 1 saturated carbocycles. The topological polar surface area (TPSA) is 95.7 Å². The number of hydrogen-bond acceptors (Lipinski definition) is 4. The van der Waals surface area contributed by atoms with Crippen LogP contribution in [-0.2, 0) is 9.59 Å². The van der Waals surface area contributed by atoms with Gasteiger partial charge in [0.15, 0.2) is 0 Å². The van der Waals surface area contributed by atoms with Crippen molar-refractivity contribution in [2.24, 2.45) is 11.7 Å². The second kappa shape index (κ2) is 7.32. The van der Waals surface area contributed by atoms with Crippen molar-refractivity contribution in [3.8, 4) is 0 Å². The molecule has 0 unspecified atom stereocenters. The van der Waals surface area contributed by atoms with E-state index in [1.807, 2.05) is 35.2 Å². The van der Waals surface area contributed by atoms with Gasteiger partial charge in [-0.05, 0) is 50.3 Å². The Morgan fingerprint density at radius 2 is 1.75 bits per heavy atom. The molecule has 2 fully saturated rings. The minimum Gasteiger partial charge on any atom is -0.383 e. The Morgan fingerprint density at radius 3 is 2.29 bits per heavy atom. The van der Waals surface area contributed by atoms with E-state index in [0.717, 1.165) is 18.4 Å². The predicted molar refractivity (Wildman–Crippen MR) is 89.8 cm³/mol. The highest BCUT2D eigenvalue weighted by Gasteiger charge is 2.35. The minimum absolute atomic E-state index is 0.0655. The SMILES string of the molecule is NC(=O)[C@@H](c1ccccc1)N1CCC([C@H](O)C(=O)NC2CC2)CC1. The Labute approximate surface area is 142 Å². The molecule has 4 N–H and O–H groups in total. The summed E-state index contributed by atoms with van der Waals surface area (Å²) in [7, 11) is 0. The van der Waals surface area contributed by atoms with Gasteiger partial charge in [0.05, 0.1) is 0 Å². The van der Waals surface area contributed by atoms with Crippen LogP contribution in [0.1, 0.15) is 37.3 Å². The van der Waals surface area contributed by atoms with Crippen LogP contribution in [0.25, 0.3) is 0 Å². The van der Waals surface area contributed by atoms with Crippen molar-refractivity contribution >= 4 is 11.8 Å². The average Bonchev–Trinajstić information content (AvgIpc) is 3.39. The van der Waals surface area contributed by atoms with Crippen LogP contribution < -0.4 is 11.1 Å². The number of rotatable bonds is 6. The Kier molecular flexibility index (Phi) is 5.16. The fraction of sp³-hybridized carbons (Fsp3) is 0.556. The van der Waals surface area contributed by atoms with Crippen molar-refractivity contribution in [1.82, 2.24) is 10.2 Å². The number of aliphatic hydroxyl groups is 1. The molecular formula is C18H25N3O3. The quantitative estimate of drug-likeness (QED) is 0.710. The monoisotopic (exact) mass is 331 g/mol. The highest BCUT2D eigenvalue weighted by atomic mass is 16.3. The molecule has 1 heterocycles. The first-order valence-corrected chi connectivity index (χ1v) is 8.63. The number of nitrogens with zero attached hydrogens (tertiary/aromatic N) is 1. The lowest BCUT2D eigenvalue weighted by Crippen LogP contribution is -2.47. The first-order valence-electron chi connectivity index (χ1n) is 8.63. The number of carbonyl (C=O) groups excluding carboxylic acids is 2. The van der Waals surface area contributed by atoms with Gasteiger partial charge >= 0.3 is 0 Å². The van der Waals surface area contributed by atoms with Crippen LogP contribution in [0.5, 0.6) is 0 Å². The van der Waals surface area contributed by atoms with Crippen molar-refractivity contribution in [2.75, 3.05) is 13.1 Å². The van der Waals surface area contributed by atoms with Gasteiger partial charge in [-0.1, -0.05) is 30.3 Å². The maximum atomic E-state index is 12.0. The number of piperidine rings is 1. The van der Waals surface area contributed by atoms with Gasteiger partial charge in [0.25, 0.3) is 0 Å². The number of aliphatic hydroxyl groups excluding tert-OH is 1. The number of nitrogens with one attached hydrogen (secondary N) is 1. The number of hydrogen-bond donors (Lipinski definition) is 3. The molecule has 0 aromatic heterocycles. The van der Waals surface area contributed by atoms with Crippen LogP contribution in [0.15, 0.2) is 30.3 Å². The molecule has 0 radical (unpaired) electrons. The van der Waals surface area contributed by atoms with Gasteiger partial charge in [0.1, 0.15) is 12.1 Å². The summed E-state index contributed by atoms with van der Waals surface area (Å²) < 4.78 is 0.